The summed E-state index contributed by atoms with van der Waals surface area (Å²) in [5, 5.41) is 0. The highest BCUT2D eigenvalue weighted by atomic mass is 16.5. The Morgan fingerprint density at radius 2 is 2.05 bits per heavy atom. The van der Waals surface area contributed by atoms with Crippen LogP contribution in [0.3, 0.4) is 0 Å². The van der Waals surface area contributed by atoms with E-state index in [4.69, 9.17) is 10.5 Å². The molecule has 1 unspecified atom stereocenters. The fourth-order valence-electron chi connectivity index (χ4n) is 2.22. The first-order valence-corrected chi connectivity index (χ1v) is 6.88. The van der Waals surface area contributed by atoms with E-state index in [1.165, 1.54) is 18.4 Å². The molecule has 0 saturated heterocycles. The van der Waals surface area contributed by atoms with Crippen LogP contribution in [0.1, 0.15) is 32.3 Å². The van der Waals surface area contributed by atoms with Crippen LogP contribution in [0.25, 0.3) is 0 Å². The number of benzene rings is 1. The van der Waals surface area contributed by atoms with Crippen LogP contribution in [0.2, 0.25) is 0 Å². The summed E-state index contributed by atoms with van der Waals surface area (Å²) in [5.74, 6) is -0.134. The molecule has 0 aromatic heterocycles. The molecule has 104 valence electrons. The lowest BCUT2D eigenvalue weighted by Crippen LogP contribution is -2.41. The molecule has 1 saturated carbocycles. The van der Waals surface area contributed by atoms with E-state index in [9.17, 15) is 4.79 Å². The zero-order valence-electron chi connectivity index (χ0n) is 11.6. The number of anilines is 1. The Labute approximate surface area is 114 Å². The number of nitrogens with two attached hydrogens (primary N) is 1. The van der Waals surface area contributed by atoms with E-state index in [-0.39, 0.29) is 12.0 Å². The third-order valence-corrected chi connectivity index (χ3v) is 3.49. The van der Waals surface area contributed by atoms with Gasteiger partial charge in [0.25, 0.3) is 0 Å². The predicted molar refractivity (Wildman–Crippen MR) is 75.5 cm³/mol. The van der Waals surface area contributed by atoms with Crippen molar-refractivity contribution in [1.82, 2.24) is 4.90 Å². The molecule has 0 spiro atoms. The summed E-state index contributed by atoms with van der Waals surface area (Å²) in [6, 6.07) is 8.15. The highest BCUT2D eigenvalue weighted by Gasteiger charge is 2.35. The molecule has 2 N–H and O–H groups in total. The molecule has 0 bridgehead atoms. The number of ether oxygens (including phenoxy) is 1. The van der Waals surface area contributed by atoms with Gasteiger partial charge in [0.1, 0.15) is 6.04 Å². The smallest absolute Gasteiger partial charge is 0.323 e. The molecule has 4 heteroatoms. The van der Waals surface area contributed by atoms with Gasteiger partial charge in [-0.15, -0.1) is 0 Å². The van der Waals surface area contributed by atoms with Crippen molar-refractivity contribution in [2.75, 3.05) is 12.3 Å². The topological polar surface area (TPSA) is 55.6 Å². The molecule has 0 aliphatic heterocycles. The molecule has 19 heavy (non-hydrogen) atoms. The van der Waals surface area contributed by atoms with Gasteiger partial charge in [0.05, 0.1) is 6.61 Å². The number of carbonyl (C=O) groups excluding carboxylic acids is 1. The number of carbonyl (C=O) groups is 1. The highest BCUT2D eigenvalue weighted by molar-refractivity contribution is 5.75. The van der Waals surface area contributed by atoms with Crippen LogP contribution in [0.5, 0.6) is 0 Å². The minimum atomic E-state index is -0.190. The molecule has 1 aliphatic rings. The molecular formula is C15H22N2O2. The summed E-state index contributed by atoms with van der Waals surface area (Å²) < 4.78 is 5.12. The molecule has 1 aromatic rings. The van der Waals surface area contributed by atoms with Gasteiger partial charge in [-0.25, -0.2) is 0 Å². The second kappa shape index (κ2) is 6.06. The molecule has 0 heterocycles. The van der Waals surface area contributed by atoms with Crippen LogP contribution in [0.15, 0.2) is 24.3 Å². The molecule has 1 atom stereocenters. The Balaban J connectivity index is 2.03. The number of hydrogen-bond acceptors (Lipinski definition) is 4. The monoisotopic (exact) mass is 262 g/mol. The first kappa shape index (κ1) is 13.9. The standard InChI is InChI=1S/C15H22N2O2/c1-3-19-15(18)11(2)17(14-8-9-14)10-12-4-6-13(16)7-5-12/h4-7,11,14H,3,8-10,16H2,1-2H3. The average molecular weight is 262 g/mol. The molecular weight excluding hydrogens is 240 g/mol. The molecule has 1 aliphatic carbocycles. The van der Waals surface area contributed by atoms with Crippen LogP contribution in [0.4, 0.5) is 5.69 Å². The van der Waals surface area contributed by atoms with E-state index in [0.717, 1.165) is 12.2 Å². The third-order valence-electron chi connectivity index (χ3n) is 3.49. The number of rotatable bonds is 6. The van der Waals surface area contributed by atoms with Crippen molar-refractivity contribution in [2.24, 2.45) is 0 Å². The fraction of sp³-hybridized carbons (Fsp3) is 0.533. The van der Waals surface area contributed by atoms with Crippen molar-refractivity contribution in [3.63, 3.8) is 0 Å². The van der Waals surface area contributed by atoms with Crippen molar-refractivity contribution >= 4 is 11.7 Å². The van der Waals surface area contributed by atoms with E-state index in [2.05, 4.69) is 4.90 Å². The maximum absolute atomic E-state index is 11.9. The normalized spacial score (nSPS) is 16.4. The number of nitrogens with zero attached hydrogens (tertiary/aromatic N) is 1. The van der Waals surface area contributed by atoms with Gasteiger partial charge in [-0.3, -0.25) is 9.69 Å². The molecule has 1 aromatic carbocycles. The van der Waals surface area contributed by atoms with E-state index in [1.807, 2.05) is 38.1 Å². The Morgan fingerprint density at radius 1 is 1.42 bits per heavy atom. The lowest BCUT2D eigenvalue weighted by molar-refractivity contribution is -0.149. The Hall–Kier alpha value is -1.55. The molecule has 4 nitrogen and oxygen atoms in total. The van der Waals surface area contributed by atoms with Crippen LogP contribution in [-0.4, -0.2) is 29.6 Å². The summed E-state index contributed by atoms with van der Waals surface area (Å²) in [6.07, 6.45) is 2.33. The molecule has 1 fully saturated rings. The molecule has 2 rings (SSSR count). The number of nitrogen functional groups attached to an aromatic ring is 1. The minimum absolute atomic E-state index is 0.134. The summed E-state index contributed by atoms with van der Waals surface area (Å²) in [7, 11) is 0. The number of esters is 1. The van der Waals surface area contributed by atoms with Crippen molar-refractivity contribution < 1.29 is 9.53 Å². The van der Waals surface area contributed by atoms with E-state index in [0.29, 0.717) is 12.6 Å². The van der Waals surface area contributed by atoms with Crippen LogP contribution < -0.4 is 5.73 Å². The van der Waals surface area contributed by atoms with Crippen molar-refractivity contribution in [3.8, 4) is 0 Å². The summed E-state index contributed by atoms with van der Waals surface area (Å²) in [5.41, 5.74) is 7.63. The van der Waals surface area contributed by atoms with Crippen LogP contribution in [-0.2, 0) is 16.1 Å². The second-order valence-corrected chi connectivity index (χ2v) is 5.07. The third kappa shape index (κ3) is 3.70. The Kier molecular flexibility index (Phi) is 4.43. The largest absolute Gasteiger partial charge is 0.465 e. The lowest BCUT2D eigenvalue weighted by atomic mass is 10.1. The first-order valence-electron chi connectivity index (χ1n) is 6.88. The van der Waals surface area contributed by atoms with Gasteiger partial charge >= 0.3 is 5.97 Å². The van der Waals surface area contributed by atoms with Crippen LogP contribution in [0, 0.1) is 0 Å². The lowest BCUT2D eigenvalue weighted by Gasteiger charge is -2.27. The summed E-state index contributed by atoms with van der Waals surface area (Å²) in [6.45, 7) is 4.97. The van der Waals surface area contributed by atoms with Gasteiger partial charge in [-0.05, 0) is 44.4 Å². The van der Waals surface area contributed by atoms with Gasteiger partial charge in [0.2, 0.25) is 0 Å². The minimum Gasteiger partial charge on any atom is -0.465 e. The quantitative estimate of drug-likeness (QED) is 0.630. The molecule has 0 radical (unpaired) electrons. The fourth-order valence-corrected chi connectivity index (χ4v) is 2.22. The van der Waals surface area contributed by atoms with Crippen molar-refractivity contribution in [1.29, 1.82) is 0 Å². The van der Waals surface area contributed by atoms with E-state index >= 15 is 0 Å². The predicted octanol–water partition coefficient (Wildman–Crippen LogP) is 2.18. The van der Waals surface area contributed by atoms with Gasteiger partial charge in [0.15, 0.2) is 0 Å². The SMILES string of the molecule is CCOC(=O)C(C)N(Cc1ccc(N)cc1)C1CC1. The van der Waals surface area contributed by atoms with Gasteiger partial charge in [-0.1, -0.05) is 12.1 Å². The van der Waals surface area contributed by atoms with Crippen molar-refractivity contribution in [2.45, 2.75) is 45.3 Å². The van der Waals surface area contributed by atoms with Crippen LogP contribution >= 0.6 is 0 Å². The van der Waals surface area contributed by atoms with E-state index in [1.54, 1.807) is 0 Å². The maximum atomic E-state index is 11.9. The maximum Gasteiger partial charge on any atom is 0.323 e. The zero-order chi connectivity index (χ0) is 13.8. The summed E-state index contributed by atoms with van der Waals surface area (Å²) in [4.78, 5) is 14.1. The Bertz CT molecular complexity index is 426. The average Bonchev–Trinajstić information content (AvgIpc) is 3.22. The highest BCUT2D eigenvalue weighted by Crippen LogP contribution is 2.30. The molecule has 0 amide bonds. The Morgan fingerprint density at radius 3 is 2.58 bits per heavy atom. The first-order chi connectivity index (χ1) is 9.11. The second-order valence-electron chi connectivity index (χ2n) is 5.07. The van der Waals surface area contributed by atoms with E-state index < -0.39 is 0 Å². The zero-order valence-corrected chi connectivity index (χ0v) is 11.6. The number of hydrogen-bond donors (Lipinski definition) is 1. The van der Waals surface area contributed by atoms with Gasteiger partial charge < -0.3 is 10.5 Å². The summed E-state index contributed by atoms with van der Waals surface area (Å²) >= 11 is 0. The van der Waals surface area contributed by atoms with Gasteiger partial charge in [-0.2, -0.15) is 0 Å². The van der Waals surface area contributed by atoms with Crippen molar-refractivity contribution in [3.05, 3.63) is 29.8 Å². The van der Waals surface area contributed by atoms with Gasteiger partial charge in [0, 0.05) is 18.3 Å².